The Morgan fingerprint density at radius 2 is 1.79 bits per heavy atom. The predicted molar refractivity (Wildman–Crippen MR) is 209 cm³/mol. The molecule has 0 aliphatic carbocycles. The molecule has 0 bridgehead atoms. The lowest BCUT2D eigenvalue weighted by molar-refractivity contribution is -0.138. The maximum Gasteiger partial charge on any atom is 0.280 e. The Kier molecular flexibility index (Phi) is 11.8. The second kappa shape index (κ2) is 16.8. The highest BCUT2D eigenvalue weighted by Gasteiger charge is 2.38. The van der Waals surface area contributed by atoms with Gasteiger partial charge in [-0.05, 0) is 70.2 Å². The minimum Gasteiger partial charge on any atom is -0.490 e. The van der Waals surface area contributed by atoms with E-state index in [2.05, 4.69) is 20.9 Å². The molecule has 0 radical (unpaired) electrons. The molecule has 4 aromatic rings. The smallest absolute Gasteiger partial charge is 0.280 e. The number of nitrogens with zero attached hydrogens (tertiary/aromatic N) is 5. The molecule has 14 nitrogen and oxygen atoms in total. The number of hydrogen-bond acceptors (Lipinski definition) is 10. The molecule has 1 unspecified atom stereocenters. The largest absolute Gasteiger partial charge is 0.490 e. The topological polar surface area (TPSA) is 170 Å². The van der Waals surface area contributed by atoms with Crippen LogP contribution in [0.15, 0.2) is 48.8 Å². The van der Waals surface area contributed by atoms with Crippen LogP contribution in [-0.2, 0) is 14.4 Å². The van der Waals surface area contributed by atoms with Crippen LogP contribution in [0.1, 0.15) is 92.9 Å². The van der Waals surface area contributed by atoms with Gasteiger partial charge < -0.3 is 34.7 Å². The van der Waals surface area contributed by atoms with Crippen molar-refractivity contribution in [2.45, 2.75) is 88.9 Å². The van der Waals surface area contributed by atoms with E-state index in [0.717, 1.165) is 5.69 Å². The predicted octanol–water partition coefficient (Wildman–Crippen LogP) is 5.84. The number of carbonyl (C=O) groups is 4. The van der Waals surface area contributed by atoms with E-state index < -0.39 is 41.4 Å². The number of rotatable bonds is 11. The number of benzene rings is 1. The molecule has 4 N–H and O–H groups in total. The zero-order valence-corrected chi connectivity index (χ0v) is 32.7. The summed E-state index contributed by atoms with van der Waals surface area (Å²) in [5.74, 6) is -1.91. The Bertz CT molecular complexity index is 2200. The third-order valence-corrected chi connectivity index (χ3v) is 11.1. The van der Waals surface area contributed by atoms with Crippen molar-refractivity contribution in [3.8, 4) is 5.75 Å². The molecule has 3 saturated heterocycles. The molecule has 1 atom stereocenters. The Morgan fingerprint density at radius 3 is 2.47 bits per heavy atom. The zero-order valence-electron chi connectivity index (χ0n) is 31.9. The average molecular weight is 825 g/mol. The number of halogens is 4. The van der Waals surface area contributed by atoms with Gasteiger partial charge in [-0.2, -0.15) is 0 Å². The van der Waals surface area contributed by atoms with E-state index in [4.69, 9.17) is 21.3 Å². The van der Waals surface area contributed by atoms with E-state index >= 15 is 4.39 Å². The van der Waals surface area contributed by atoms with Crippen LogP contribution in [0, 0.1) is 5.82 Å². The van der Waals surface area contributed by atoms with E-state index in [-0.39, 0.29) is 96.9 Å². The SMILES string of the molecule is CC(C)Oc1cc2nc(C3CCN(C(=O)CC4(O)CCN(c5c(F)cc(NC6CCC(=O)NC6=O)cc5Cl)CC4)CC3)cn2cc1C(=O)Nc1cccc(C(F)F)n1. The number of aliphatic hydroxyl groups is 1. The van der Waals surface area contributed by atoms with E-state index in [1.54, 1.807) is 26.5 Å². The highest BCUT2D eigenvalue weighted by molar-refractivity contribution is 6.33. The average Bonchev–Trinajstić information content (AvgIpc) is 3.59. The van der Waals surface area contributed by atoms with Crippen molar-refractivity contribution in [3.63, 3.8) is 0 Å². The number of likely N-dealkylation sites (tertiary alicyclic amines) is 1. The molecule has 308 valence electrons. The first-order chi connectivity index (χ1) is 27.6. The fourth-order valence-corrected chi connectivity index (χ4v) is 8.03. The van der Waals surface area contributed by atoms with E-state index in [1.165, 1.54) is 30.3 Å². The van der Waals surface area contributed by atoms with Crippen molar-refractivity contribution in [1.82, 2.24) is 24.6 Å². The van der Waals surface area contributed by atoms with E-state index in [9.17, 15) is 33.1 Å². The molecule has 6 heterocycles. The van der Waals surface area contributed by atoms with Crippen molar-refractivity contribution in [2.24, 2.45) is 0 Å². The lowest BCUT2D eigenvalue weighted by Crippen LogP contribution is -2.49. The minimum absolute atomic E-state index is 0.0193. The van der Waals surface area contributed by atoms with Gasteiger partial charge in [-0.1, -0.05) is 17.7 Å². The number of ether oxygens (including phenoxy) is 1. The number of aromatic nitrogens is 3. The van der Waals surface area contributed by atoms with Gasteiger partial charge in [0.1, 0.15) is 34.8 Å². The summed E-state index contributed by atoms with van der Waals surface area (Å²) in [6, 6.07) is 7.74. The number of nitrogens with one attached hydrogen (secondary N) is 3. The van der Waals surface area contributed by atoms with E-state index in [0.29, 0.717) is 37.3 Å². The molecule has 1 aromatic carbocycles. The summed E-state index contributed by atoms with van der Waals surface area (Å²) in [5.41, 5.74) is 0.255. The summed E-state index contributed by atoms with van der Waals surface area (Å²) >= 11 is 6.52. The van der Waals surface area contributed by atoms with Crippen LogP contribution in [-0.4, -0.2) is 91.9 Å². The molecule has 0 spiro atoms. The van der Waals surface area contributed by atoms with Gasteiger partial charge in [0.2, 0.25) is 17.7 Å². The number of imidazole rings is 1. The van der Waals surface area contributed by atoms with Crippen LogP contribution < -0.4 is 25.6 Å². The number of carbonyl (C=O) groups excluding carboxylic acids is 4. The summed E-state index contributed by atoms with van der Waals surface area (Å²) in [7, 11) is 0. The quantitative estimate of drug-likeness (QED) is 0.135. The van der Waals surface area contributed by atoms with Gasteiger partial charge in [0.15, 0.2) is 0 Å². The molecule has 3 fully saturated rings. The number of fused-ring (bicyclic) bond motifs is 1. The number of anilines is 3. The van der Waals surface area contributed by atoms with Gasteiger partial charge in [-0.25, -0.2) is 23.1 Å². The Labute approximate surface area is 337 Å². The maximum absolute atomic E-state index is 15.4. The first-order valence-corrected chi connectivity index (χ1v) is 19.6. The third-order valence-electron chi connectivity index (χ3n) is 10.8. The van der Waals surface area contributed by atoms with Crippen LogP contribution in [0.25, 0.3) is 5.65 Å². The molecule has 3 aliphatic heterocycles. The van der Waals surface area contributed by atoms with Crippen molar-refractivity contribution in [3.05, 3.63) is 76.6 Å². The molecular formula is C40H44ClF3N8O6. The third kappa shape index (κ3) is 9.15. The van der Waals surface area contributed by atoms with Gasteiger partial charge in [0.05, 0.1) is 40.1 Å². The monoisotopic (exact) mass is 824 g/mol. The zero-order chi connectivity index (χ0) is 41.3. The van der Waals surface area contributed by atoms with Gasteiger partial charge in [0, 0.05) is 62.7 Å². The summed E-state index contributed by atoms with van der Waals surface area (Å²) in [6.45, 7) is 5.09. The lowest BCUT2D eigenvalue weighted by Gasteiger charge is -2.41. The number of hydrogen-bond donors (Lipinski definition) is 4. The molecule has 0 saturated carbocycles. The summed E-state index contributed by atoms with van der Waals surface area (Å²) < 4.78 is 49.5. The van der Waals surface area contributed by atoms with E-state index in [1.807, 2.05) is 20.0 Å². The first-order valence-electron chi connectivity index (χ1n) is 19.2. The standard InChI is InChI=1S/C40H44ClF3N8O6/c1-22(2)58-31-18-33-47-30(21-52(33)20-25(31)38(55)48-32-5-3-4-28(46-32)37(43)44)23-8-12-50(13-9-23)35(54)19-40(57)10-14-51(15-11-40)36-26(41)16-24(17-27(36)42)45-29-6-7-34(53)49-39(29)56/h3-5,16-18,20-23,29,37,45,57H,6-15,19H2,1-2H3,(H,46,48,55)(H,49,53,56). The molecule has 58 heavy (non-hydrogen) atoms. The Morgan fingerprint density at radius 1 is 1.05 bits per heavy atom. The fraction of sp³-hybridized carbons (Fsp3) is 0.450. The lowest BCUT2D eigenvalue weighted by atomic mass is 9.86. The van der Waals surface area contributed by atoms with Crippen LogP contribution in [0.5, 0.6) is 5.75 Å². The number of pyridine rings is 2. The Hall–Kier alpha value is -5.42. The van der Waals surface area contributed by atoms with Crippen molar-refractivity contribution >= 4 is 58.1 Å². The van der Waals surface area contributed by atoms with Crippen LogP contribution >= 0.6 is 11.6 Å². The number of piperidine rings is 3. The second-order valence-electron chi connectivity index (χ2n) is 15.3. The van der Waals surface area contributed by atoms with Gasteiger partial charge >= 0.3 is 0 Å². The Balaban J connectivity index is 0.941. The maximum atomic E-state index is 15.4. The van der Waals surface area contributed by atoms with Gasteiger partial charge in [-0.15, -0.1) is 0 Å². The fourth-order valence-electron chi connectivity index (χ4n) is 7.71. The molecule has 4 amide bonds. The van der Waals surface area contributed by atoms with Crippen molar-refractivity contribution in [2.75, 3.05) is 41.7 Å². The molecule has 3 aromatic heterocycles. The normalized spacial score (nSPS) is 18.8. The van der Waals surface area contributed by atoms with Crippen LogP contribution in [0.4, 0.5) is 30.4 Å². The van der Waals surface area contributed by atoms with Crippen molar-refractivity contribution < 1.29 is 42.2 Å². The van der Waals surface area contributed by atoms with Gasteiger partial charge in [0.25, 0.3) is 12.3 Å². The summed E-state index contributed by atoms with van der Waals surface area (Å²) in [4.78, 5) is 62.6. The highest BCUT2D eigenvalue weighted by atomic mass is 35.5. The minimum atomic E-state index is -2.79. The van der Waals surface area contributed by atoms with Crippen LogP contribution in [0.2, 0.25) is 5.02 Å². The second-order valence-corrected chi connectivity index (χ2v) is 15.7. The first kappa shape index (κ1) is 40.8. The summed E-state index contributed by atoms with van der Waals surface area (Å²) in [5, 5.41) is 19.4. The van der Waals surface area contributed by atoms with Crippen LogP contribution in [0.3, 0.4) is 0 Å². The molecule has 7 rings (SSSR count). The van der Waals surface area contributed by atoms with Crippen molar-refractivity contribution in [1.29, 1.82) is 0 Å². The molecule has 3 aliphatic rings. The number of amides is 4. The van der Waals surface area contributed by atoms with Gasteiger partial charge in [-0.3, -0.25) is 24.5 Å². The number of alkyl halides is 2. The number of imide groups is 1. The summed E-state index contributed by atoms with van der Waals surface area (Å²) in [6.07, 6.45) is 2.44. The molecule has 18 heteroatoms. The molecular weight excluding hydrogens is 781 g/mol. The highest BCUT2D eigenvalue weighted by Crippen LogP contribution is 2.38.